The molecule has 0 bridgehead atoms. The number of carboxylic acids is 2. The first-order chi connectivity index (χ1) is 20.8. The number of thioether (sulfide) groups is 1. The molecule has 1 atom stereocenters. The summed E-state index contributed by atoms with van der Waals surface area (Å²) in [5, 5.41) is 44.8. The van der Waals surface area contributed by atoms with Crippen LogP contribution in [-0.4, -0.2) is 73.1 Å². The number of fused-ring (bicyclic) bond motifs is 3. The Balaban J connectivity index is 0.000000270. The molecule has 1 unspecified atom stereocenters. The number of piperazine rings is 1. The zero-order chi connectivity index (χ0) is 32.0. The number of carboxylic acid groups (broad SMARTS) is 2. The number of aromatic hydroxyl groups is 3. The van der Waals surface area contributed by atoms with Gasteiger partial charge in [0.05, 0.1) is 33.7 Å². The van der Waals surface area contributed by atoms with Gasteiger partial charge in [0.15, 0.2) is 23.0 Å². The van der Waals surface area contributed by atoms with Crippen molar-refractivity contribution in [3.05, 3.63) is 73.6 Å². The molecule has 232 valence electrons. The lowest BCUT2D eigenvalue weighted by atomic mass is 10.1. The lowest BCUT2D eigenvalue weighted by Crippen LogP contribution is -2.46. The van der Waals surface area contributed by atoms with E-state index in [1.165, 1.54) is 11.8 Å². The highest BCUT2D eigenvalue weighted by atomic mass is 32.2. The normalized spacial score (nSPS) is 16.2. The van der Waals surface area contributed by atoms with Crippen LogP contribution in [0.4, 0.5) is 10.1 Å². The summed E-state index contributed by atoms with van der Waals surface area (Å²) in [6.07, 6.45) is 0. The van der Waals surface area contributed by atoms with E-state index in [2.05, 4.69) is 4.90 Å². The first-order valence-electron chi connectivity index (χ1n) is 13.1. The van der Waals surface area contributed by atoms with Crippen LogP contribution in [-0.2, 0) is 6.54 Å². The summed E-state index contributed by atoms with van der Waals surface area (Å²) >= 11 is 1.32. The van der Waals surface area contributed by atoms with E-state index in [0.29, 0.717) is 60.5 Å². The van der Waals surface area contributed by atoms with Gasteiger partial charge in [0.1, 0.15) is 17.1 Å². The van der Waals surface area contributed by atoms with Crippen molar-refractivity contribution in [1.82, 2.24) is 9.47 Å². The molecule has 2 aromatic heterocycles. The third-order valence-corrected chi connectivity index (χ3v) is 8.50. The van der Waals surface area contributed by atoms with Gasteiger partial charge in [0.2, 0.25) is 5.43 Å². The first-order valence-corrected chi connectivity index (χ1v) is 14.0. The summed E-state index contributed by atoms with van der Waals surface area (Å²) in [4.78, 5) is 49.9. The number of phenols is 3. The van der Waals surface area contributed by atoms with Crippen LogP contribution in [0.2, 0.25) is 0 Å². The van der Waals surface area contributed by atoms with E-state index in [4.69, 9.17) is 29.3 Å². The van der Waals surface area contributed by atoms with E-state index < -0.39 is 46.3 Å². The van der Waals surface area contributed by atoms with Crippen molar-refractivity contribution in [1.29, 1.82) is 0 Å². The molecule has 16 heteroatoms. The highest BCUT2D eigenvalue weighted by Gasteiger charge is 2.33. The van der Waals surface area contributed by atoms with Crippen LogP contribution in [0.25, 0.3) is 10.9 Å². The van der Waals surface area contributed by atoms with Gasteiger partial charge >= 0.3 is 17.8 Å². The molecule has 4 aromatic rings. The summed E-state index contributed by atoms with van der Waals surface area (Å²) in [5.41, 5.74) is -0.337. The van der Waals surface area contributed by atoms with Crippen molar-refractivity contribution in [3.63, 3.8) is 0 Å². The standard InChI is InChI=1S/C21H20FN3O6S.C7H6O5/c1-10-16(31-21(29)30-10)9-23-3-5-24(6-4-23)15-8-14-12(7-13(15)22)18(26)17(20(27)28)19-25(14)11(2)32-19;8-4-1-3(7(11)12)2-5(9)6(4)10/h7-8,11H,3-6,9H2,1-2H3,(H,27,28);1-2,8-10H,(H,11,12). The fourth-order valence-corrected chi connectivity index (χ4v) is 6.22. The maximum Gasteiger partial charge on any atom is 0.519 e. The van der Waals surface area contributed by atoms with Crippen LogP contribution in [0.5, 0.6) is 17.2 Å². The molecule has 2 aliphatic heterocycles. The Kier molecular flexibility index (Phi) is 8.05. The average Bonchev–Trinajstić information content (AvgIpc) is 3.27. The van der Waals surface area contributed by atoms with Crippen LogP contribution in [0, 0.1) is 12.7 Å². The number of phenolic OH excluding ortho intramolecular Hbond substituents is 3. The Morgan fingerprint density at radius 3 is 2.14 bits per heavy atom. The highest BCUT2D eigenvalue weighted by molar-refractivity contribution is 8.00. The minimum atomic E-state index is -1.30. The predicted octanol–water partition coefficient (Wildman–Crippen LogP) is 3.14. The molecule has 2 aromatic carbocycles. The van der Waals surface area contributed by atoms with Gasteiger partial charge in [-0.2, -0.15) is 0 Å². The molecule has 4 heterocycles. The predicted molar refractivity (Wildman–Crippen MR) is 154 cm³/mol. The minimum absolute atomic E-state index is 0.0470. The molecular formula is C28H26FN3O11S. The zero-order valence-corrected chi connectivity index (χ0v) is 24.1. The number of nitrogens with zero attached hydrogens (tertiary/aromatic N) is 3. The number of pyridine rings is 1. The maximum atomic E-state index is 15.0. The van der Waals surface area contributed by atoms with Gasteiger partial charge in [-0.1, -0.05) is 11.8 Å². The average molecular weight is 632 g/mol. The molecule has 6 rings (SSSR count). The van der Waals surface area contributed by atoms with Gasteiger partial charge in [0.25, 0.3) is 0 Å². The van der Waals surface area contributed by atoms with Crippen molar-refractivity contribution in [2.75, 3.05) is 31.1 Å². The van der Waals surface area contributed by atoms with E-state index >= 15 is 4.39 Å². The van der Waals surface area contributed by atoms with Gasteiger partial charge < -0.3 is 43.8 Å². The molecule has 0 amide bonds. The Morgan fingerprint density at radius 1 is 0.977 bits per heavy atom. The molecule has 5 N–H and O–H groups in total. The van der Waals surface area contributed by atoms with E-state index in [-0.39, 0.29) is 21.9 Å². The number of benzene rings is 2. The lowest BCUT2D eigenvalue weighted by molar-refractivity contribution is 0.0681. The lowest BCUT2D eigenvalue weighted by Gasteiger charge is -2.37. The van der Waals surface area contributed by atoms with Crippen molar-refractivity contribution < 1.29 is 48.3 Å². The number of rotatable bonds is 5. The smallest absolute Gasteiger partial charge is 0.504 e. The van der Waals surface area contributed by atoms with Gasteiger partial charge in [-0.25, -0.2) is 18.8 Å². The van der Waals surface area contributed by atoms with Gasteiger partial charge in [0, 0.05) is 31.6 Å². The second-order valence-electron chi connectivity index (χ2n) is 10.1. The van der Waals surface area contributed by atoms with Gasteiger partial charge in [-0.05, 0) is 38.1 Å². The van der Waals surface area contributed by atoms with Crippen LogP contribution in [0.1, 0.15) is 44.5 Å². The van der Waals surface area contributed by atoms with Gasteiger partial charge in [-0.15, -0.1) is 0 Å². The SMILES string of the molecule is Cc1oc(=O)oc1CN1CCN(c2cc3c(cc2F)c(=O)c(C(=O)O)c2n3C(C)S2)CC1.O=C(O)c1cc(O)c(O)c(O)c1. The largest absolute Gasteiger partial charge is 0.519 e. The summed E-state index contributed by atoms with van der Waals surface area (Å²) in [5.74, 6) is -4.98. The maximum absolute atomic E-state index is 15.0. The highest BCUT2D eigenvalue weighted by Crippen LogP contribution is 2.46. The minimum Gasteiger partial charge on any atom is -0.504 e. The van der Waals surface area contributed by atoms with Crippen LogP contribution < -0.4 is 16.2 Å². The summed E-state index contributed by atoms with van der Waals surface area (Å²) in [6.45, 7) is 6.33. The fourth-order valence-electron chi connectivity index (χ4n) is 5.06. The molecule has 2 aliphatic rings. The number of aromatic nitrogens is 1. The molecule has 0 radical (unpaired) electrons. The number of aromatic carboxylic acids is 2. The molecule has 14 nitrogen and oxygen atoms in total. The Bertz CT molecular complexity index is 1900. The summed E-state index contributed by atoms with van der Waals surface area (Å²) in [7, 11) is 0. The summed E-state index contributed by atoms with van der Waals surface area (Å²) < 4.78 is 26.8. The van der Waals surface area contributed by atoms with E-state index in [0.717, 1.165) is 18.2 Å². The first kappa shape index (κ1) is 30.5. The van der Waals surface area contributed by atoms with Crippen molar-refractivity contribution >= 4 is 40.3 Å². The fraction of sp³-hybridized carbons (Fsp3) is 0.286. The number of hydrogen-bond acceptors (Lipinski definition) is 12. The third kappa shape index (κ3) is 5.56. The molecule has 44 heavy (non-hydrogen) atoms. The Labute approximate surface area is 250 Å². The molecule has 1 saturated heterocycles. The Morgan fingerprint density at radius 2 is 1.61 bits per heavy atom. The van der Waals surface area contributed by atoms with Crippen LogP contribution in [0.15, 0.2) is 47.7 Å². The summed E-state index contributed by atoms with van der Waals surface area (Å²) in [6, 6.07) is 4.49. The molecule has 0 saturated carbocycles. The van der Waals surface area contributed by atoms with E-state index in [1.54, 1.807) is 17.6 Å². The molecule has 1 fully saturated rings. The van der Waals surface area contributed by atoms with E-state index in [9.17, 15) is 24.3 Å². The molecule has 0 spiro atoms. The number of hydrogen-bond donors (Lipinski definition) is 5. The number of halogens is 1. The van der Waals surface area contributed by atoms with E-state index in [1.807, 2.05) is 11.8 Å². The Hall–Kier alpha value is -4.96. The number of anilines is 1. The third-order valence-electron chi connectivity index (χ3n) is 7.32. The second-order valence-corrected chi connectivity index (χ2v) is 11.4. The monoisotopic (exact) mass is 631 g/mol. The van der Waals surface area contributed by atoms with Crippen molar-refractivity contribution in [2.45, 2.75) is 30.8 Å². The quantitative estimate of drug-likeness (QED) is 0.201. The zero-order valence-electron chi connectivity index (χ0n) is 23.2. The molecular weight excluding hydrogens is 605 g/mol. The van der Waals surface area contributed by atoms with Gasteiger partial charge in [-0.3, -0.25) is 9.69 Å². The second kappa shape index (κ2) is 11.6. The van der Waals surface area contributed by atoms with Crippen molar-refractivity contribution in [2.24, 2.45) is 0 Å². The van der Waals surface area contributed by atoms with Crippen molar-refractivity contribution in [3.8, 4) is 17.2 Å². The van der Waals surface area contributed by atoms with Crippen LogP contribution in [0.3, 0.4) is 0 Å². The van der Waals surface area contributed by atoms with Crippen LogP contribution >= 0.6 is 11.8 Å². The topological polar surface area (TPSA) is 207 Å². The molecule has 0 aliphatic carbocycles. The number of carbonyl (C=O) groups is 2. The number of aryl methyl sites for hydroxylation is 1.